The van der Waals surface area contributed by atoms with Crippen LogP contribution in [0.15, 0.2) is 49.3 Å². The number of carbonyl (C=O) groups is 1. The first-order chi connectivity index (χ1) is 16.8. The van der Waals surface area contributed by atoms with Crippen molar-refractivity contribution in [3.63, 3.8) is 0 Å². The monoisotopic (exact) mass is 520 g/mol. The largest absolute Gasteiger partial charge is 0.495 e. The number of nitrogens with zero attached hydrogens (tertiary/aromatic N) is 3. The van der Waals surface area contributed by atoms with E-state index < -0.39 is 11.8 Å². The zero-order chi connectivity index (χ0) is 25.5. The van der Waals surface area contributed by atoms with Gasteiger partial charge in [-0.15, -0.1) is 6.58 Å². The predicted molar refractivity (Wildman–Crippen MR) is 137 cm³/mol. The van der Waals surface area contributed by atoms with E-state index in [0.29, 0.717) is 12.2 Å². The van der Waals surface area contributed by atoms with E-state index in [-0.39, 0.29) is 44.6 Å². The molecule has 0 aliphatic carbocycles. The lowest BCUT2D eigenvalue weighted by molar-refractivity contribution is 0.258. The van der Waals surface area contributed by atoms with Gasteiger partial charge in [0.05, 0.1) is 31.3 Å². The Morgan fingerprint density at radius 2 is 1.83 bits per heavy atom. The van der Waals surface area contributed by atoms with Crippen molar-refractivity contribution in [1.82, 2.24) is 9.97 Å². The number of methoxy groups -OCH3 is 2. The summed E-state index contributed by atoms with van der Waals surface area (Å²) < 4.78 is 24.9. The van der Waals surface area contributed by atoms with E-state index >= 15 is 0 Å². The number of hydrogen-bond acceptors (Lipinski definition) is 7. The number of para-hydroxylation sites is 1. The van der Waals surface area contributed by atoms with E-state index in [1.165, 1.54) is 50.7 Å². The van der Waals surface area contributed by atoms with Crippen molar-refractivity contribution in [2.75, 3.05) is 48.7 Å². The zero-order valence-electron chi connectivity index (χ0n) is 19.2. The fourth-order valence-electron chi connectivity index (χ4n) is 3.00. The molecular weight excluding hydrogens is 498 g/mol. The predicted octanol–water partition coefficient (Wildman–Crippen LogP) is 5.95. The number of ether oxygens (including phenoxy) is 2. The summed E-state index contributed by atoms with van der Waals surface area (Å²) >= 11 is 12.7. The Morgan fingerprint density at radius 1 is 1.14 bits per heavy atom. The molecule has 0 aliphatic rings. The van der Waals surface area contributed by atoms with Crippen LogP contribution in [0, 0.1) is 5.82 Å². The second-order valence-electron chi connectivity index (χ2n) is 6.99. The molecule has 3 rings (SSSR count). The average Bonchev–Trinajstić information content (AvgIpc) is 2.86. The van der Waals surface area contributed by atoms with Gasteiger partial charge in [0, 0.05) is 25.7 Å². The van der Waals surface area contributed by atoms with Crippen molar-refractivity contribution < 1.29 is 18.7 Å². The van der Waals surface area contributed by atoms with Crippen LogP contribution in [0.5, 0.6) is 11.5 Å². The molecule has 0 bridgehead atoms. The number of carbonyl (C=O) groups excluding carboxylic acids is 1. The minimum absolute atomic E-state index is 0.101. The van der Waals surface area contributed by atoms with Gasteiger partial charge in [-0.05, 0) is 12.1 Å². The number of halogens is 3. The van der Waals surface area contributed by atoms with E-state index in [1.807, 2.05) is 0 Å². The number of rotatable bonds is 9. The highest BCUT2D eigenvalue weighted by Gasteiger charge is 2.22. The van der Waals surface area contributed by atoms with Crippen LogP contribution in [0.1, 0.15) is 0 Å². The summed E-state index contributed by atoms with van der Waals surface area (Å²) in [5.41, 5.74) is 0.818. The summed E-state index contributed by atoms with van der Waals surface area (Å²) in [6, 6.07) is 7.00. The highest BCUT2D eigenvalue weighted by atomic mass is 35.5. The molecule has 3 aromatic rings. The Hall–Kier alpha value is -3.76. The third-order valence-electron chi connectivity index (χ3n) is 4.81. The molecule has 1 heterocycles. The molecule has 12 heteroatoms. The van der Waals surface area contributed by atoms with Crippen LogP contribution >= 0.6 is 23.2 Å². The van der Waals surface area contributed by atoms with Crippen LogP contribution < -0.4 is 30.3 Å². The number of anilines is 5. The molecule has 0 saturated carbocycles. The van der Waals surface area contributed by atoms with Crippen LogP contribution in [0.2, 0.25) is 10.0 Å². The SMILES string of the molecule is C=CCNc1cccc(F)c1Nc1cc(N(C)C(=O)Nc2c(Cl)c(OC)cc(OC)c2Cl)ncn1. The van der Waals surface area contributed by atoms with Crippen molar-refractivity contribution in [2.45, 2.75) is 0 Å². The fraction of sp³-hybridized carbons (Fsp3) is 0.174. The molecule has 2 amide bonds. The molecular formula is C23H23Cl2FN6O3. The number of aromatic nitrogens is 2. The first-order valence-corrected chi connectivity index (χ1v) is 10.9. The normalized spacial score (nSPS) is 10.3. The molecule has 0 unspecified atom stereocenters. The summed E-state index contributed by atoms with van der Waals surface area (Å²) in [7, 11) is 4.34. The van der Waals surface area contributed by atoms with Gasteiger partial charge in [-0.25, -0.2) is 19.2 Å². The summed E-state index contributed by atoms with van der Waals surface area (Å²) in [5, 5.41) is 8.82. The van der Waals surface area contributed by atoms with Crippen molar-refractivity contribution >= 4 is 57.9 Å². The van der Waals surface area contributed by atoms with Gasteiger partial charge >= 0.3 is 6.03 Å². The van der Waals surface area contributed by atoms with Crippen molar-refractivity contribution in [2.24, 2.45) is 0 Å². The maximum Gasteiger partial charge on any atom is 0.327 e. The molecule has 0 aliphatic heterocycles. The Balaban J connectivity index is 1.85. The lowest BCUT2D eigenvalue weighted by Crippen LogP contribution is -2.32. The van der Waals surface area contributed by atoms with E-state index in [4.69, 9.17) is 32.7 Å². The number of urea groups is 1. The molecule has 0 radical (unpaired) electrons. The second kappa shape index (κ2) is 11.6. The van der Waals surface area contributed by atoms with Crippen LogP contribution in [0.4, 0.5) is 37.9 Å². The third kappa shape index (κ3) is 5.84. The quantitative estimate of drug-likeness (QED) is 0.299. The van der Waals surface area contributed by atoms with Crippen LogP contribution in [-0.2, 0) is 0 Å². The van der Waals surface area contributed by atoms with Gasteiger partial charge < -0.3 is 25.4 Å². The van der Waals surface area contributed by atoms with E-state index in [1.54, 1.807) is 18.2 Å². The minimum Gasteiger partial charge on any atom is -0.495 e. The van der Waals surface area contributed by atoms with Crippen LogP contribution in [-0.4, -0.2) is 43.8 Å². The number of hydrogen-bond donors (Lipinski definition) is 3. The second-order valence-corrected chi connectivity index (χ2v) is 7.75. The maximum atomic E-state index is 14.5. The number of amides is 2. The molecule has 2 aromatic carbocycles. The number of nitrogens with one attached hydrogen (secondary N) is 3. The molecule has 0 atom stereocenters. The van der Waals surface area contributed by atoms with Gasteiger partial charge in [-0.1, -0.05) is 35.3 Å². The Morgan fingerprint density at radius 3 is 2.46 bits per heavy atom. The van der Waals surface area contributed by atoms with Gasteiger partial charge in [0.1, 0.15) is 45.3 Å². The van der Waals surface area contributed by atoms with Gasteiger partial charge in [0.2, 0.25) is 0 Å². The molecule has 3 N–H and O–H groups in total. The molecule has 9 nitrogen and oxygen atoms in total. The Bertz CT molecular complexity index is 1220. The molecule has 184 valence electrons. The average molecular weight is 521 g/mol. The van der Waals surface area contributed by atoms with Gasteiger partial charge in [0.25, 0.3) is 0 Å². The zero-order valence-corrected chi connectivity index (χ0v) is 20.7. The minimum atomic E-state index is -0.604. The molecule has 0 fully saturated rings. The van der Waals surface area contributed by atoms with Gasteiger partial charge in [-0.3, -0.25) is 4.90 Å². The number of benzene rings is 2. The fourth-order valence-corrected chi connectivity index (χ4v) is 3.59. The van der Waals surface area contributed by atoms with E-state index in [9.17, 15) is 9.18 Å². The molecule has 1 aromatic heterocycles. The third-order valence-corrected chi connectivity index (χ3v) is 5.56. The van der Waals surface area contributed by atoms with Gasteiger partial charge in [0.15, 0.2) is 0 Å². The lowest BCUT2D eigenvalue weighted by Gasteiger charge is -2.20. The van der Waals surface area contributed by atoms with Crippen molar-refractivity contribution in [3.8, 4) is 11.5 Å². The Labute approximate surface area is 211 Å². The van der Waals surface area contributed by atoms with Crippen LogP contribution in [0.3, 0.4) is 0 Å². The van der Waals surface area contributed by atoms with Crippen molar-refractivity contribution in [3.05, 3.63) is 65.2 Å². The standard InChI is InChI=1S/C23H23Cl2FN6O3/c1-5-9-27-14-8-6-7-13(26)21(14)30-17-11-18(29-12-28-17)32(2)23(33)31-22-19(24)15(34-3)10-16(35-4)20(22)25/h5-8,10-12,27H,1,9H2,2-4H3,(H,31,33)(H,28,29,30). The molecule has 0 spiro atoms. The lowest BCUT2D eigenvalue weighted by atomic mass is 10.2. The highest BCUT2D eigenvalue weighted by Crippen LogP contribution is 2.44. The van der Waals surface area contributed by atoms with E-state index in [0.717, 1.165) is 0 Å². The maximum absolute atomic E-state index is 14.5. The van der Waals surface area contributed by atoms with Crippen LogP contribution in [0.25, 0.3) is 0 Å². The summed E-state index contributed by atoms with van der Waals surface area (Å²) in [5.74, 6) is 0.538. The van der Waals surface area contributed by atoms with Gasteiger partial charge in [-0.2, -0.15) is 0 Å². The first kappa shape index (κ1) is 25.9. The van der Waals surface area contributed by atoms with Crippen molar-refractivity contribution in [1.29, 1.82) is 0 Å². The van der Waals surface area contributed by atoms with E-state index in [2.05, 4.69) is 32.5 Å². The summed E-state index contributed by atoms with van der Waals surface area (Å²) in [6.07, 6.45) is 2.90. The molecule has 35 heavy (non-hydrogen) atoms. The summed E-state index contributed by atoms with van der Waals surface area (Å²) in [6.45, 7) is 4.09. The first-order valence-electron chi connectivity index (χ1n) is 10.2. The highest BCUT2D eigenvalue weighted by molar-refractivity contribution is 6.41. The Kier molecular flexibility index (Phi) is 8.56. The summed E-state index contributed by atoms with van der Waals surface area (Å²) in [4.78, 5) is 22.4. The molecule has 0 saturated heterocycles. The topological polar surface area (TPSA) is 101 Å². The smallest absolute Gasteiger partial charge is 0.327 e.